The normalized spacial score (nSPS) is 24.7. The molecule has 0 bridgehead atoms. The topological polar surface area (TPSA) is 46.5 Å². The van der Waals surface area contributed by atoms with E-state index in [2.05, 4.69) is 4.74 Å². The zero-order valence-electron chi connectivity index (χ0n) is 9.08. The van der Waals surface area contributed by atoms with E-state index in [0.29, 0.717) is 0 Å². The fraction of sp³-hybridized carbons (Fsp3) is 0.364. The van der Waals surface area contributed by atoms with Crippen molar-refractivity contribution in [3.8, 4) is 5.75 Å². The number of benzene rings is 1. The van der Waals surface area contributed by atoms with Crippen LogP contribution in [0.3, 0.4) is 0 Å². The molecule has 3 nitrogen and oxygen atoms in total. The maximum absolute atomic E-state index is 13.5. The molecule has 1 saturated carbocycles. The lowest BCUT2D eigenvalue weighted by Gasteiger charge is -2.06. The van der Waals surface area contributed by atoms with Crippen molar-refractivity contribution in [3.63, 3.8) is 0 Å². The van der Waals surface area contributed by atoms with Crippen molar-refractivity contribution >= 4 is 29.2 Å². The van der Waals surface area contributed by atoms with Gasteiger partial charge in [-0.25, -0.2) is 8.78 Å². The highest BCUT2D eigenvalue weighted by Gasteiger charge is 2.68. The second-order valence-electron chi connectivity index (χ2n) is 3.99. The van der Waals surface area contributed by atoms with Gasteiger partial charge in [-0.15, -0.1) is 0 Å². The second kappa shape index (κ2) is 4.24. The summed E-state index contributed by atoms with van der Waals surface area (Å²) in [7, 11) is 1.13. The van der Waals surface area contributed by atoms with Crippen LogP contribution in [0.2, 0.25) is 0 Å². The summed E-state index contributed by atoms with van der Waals surface area (Å²) < 4.78 is 29.9. The van der Waals surface area contributed by atoms with Gasteiger partial charge in [0.05, 0.1) is 13.0 Å². The van der Waals surface area contributed by atoms with Crippen LogP contribution in [0.25, 0.3) is 0 Å². The third kappa shape index (κ3) is 1.91. The summed E-state index contributed by atoms with van der Waals surface area (Å²) in [5, 5.41) is 8.88. The third-order valence-electron chi connectivity index (χ3n) is 2.90. The first-order valence-corrected chi connectivity index (χ1v) is 5.69. The van der Waals surface area contributed by atoms with E-state index in [9.17, 15) is 13.6 Å². The number of carbonyl (C=O) groups is 1. The van der Waals surface area contributed by atoms with Crippen LogP contribution in [-0.2, 0) is 4.79 Å². The van der Waals surface area contributed by atoms with Crippen LogP contribution in [0.1, 0.15) is 11.5 Å². The second-order valence-corrected chi connectivity index (χ2v) is 5.43. The van der Waals surface area contributed by atoms with Crippen molar-refractivity contribution in [3.05, 3.63) is 29.3 Å². The van der Waals surface area contributed by atoms with Crippen molar-refractivity contribution < 1.29 is 23.4 Å². The number of carboxylic acids is 1. The molecule has 0 radical (unpaired) electrons. The monoisotopic (exact) mass is 296 g/mol. The van der Waals surface area contributed by atoms with E-state index in [0.717, 1.165) is 19.2 Å². The fourth-order valence-corrected chi connectivity index (χ4v) is 2.82. The number of methoxy groups -OCH3 is 1. The van der Waals surface area contributed by atoms with E-state index in [-0.39, 0.29) is 5.56 Å². The molecule has 1 aromatic rings. The molecule has 7 heteroatoms. The molecule has 2 unspecified atom stereocenters. The van der Waals surface area contributed by atoms with E-state index in [1.54, 1.807) is 0 Å². The lowest BCUT2D eigenvalue weighted by atomic mass is 10.1. The smallest absolute Gasteiger partial charge is 0.310 e. The highest BCUT2D eigenvalue weighted by molar-refractivity contribution is 6.53. The van der Waals surface area contributed by atoms with E-state index < -0.39 is 39.5 Å². The number of carboxylic acid groups (broad SMARTS) is 1. The Bertz CT molecular complexity index is 496. The van der Waals surface area contributed by atoms with Crippen LogP contribution in [-0.4, -0.2) is 22.5 Å². The SMILES string of the molecule is COc1c(F)cc(C2C(C(=O)O)C2(Cl)Cl)cc1F. The molecule has 1 fully saturated rings. The van der Waals surface area contributed by atoms with Gasteiger partial charge in [0.25, 0.3) is 0 Å². The number of rotatable bonds is 3. The Hall–Kier alpha value is -1.07. The highest BCUT2D eigenvalue weighted by Crippen LogP contribution is 2.65. The Kier molecular flexibility index (Phi) is 3.15. The number of alkyl halides is 2. The summed E-state index contributed by atoms with van der Waals surface area (Å²) in [4.78, 5) is 10.9. The van der Waals surface area contributed by atoms with Gasteiger partial charge < -0.3 is 9.84 Å². The largest absolute Gasteiger partial charge is 0.491 e. The first-order valence-electron chi connectivity index (χ1n) is 4.94. The summed E-state index contributed by atoms with van der Waals surface area (Å²) in [5.41, 5.74) is 0.100. The lowest BCUT2D eigenvalue weighted by Crippen LogP contribution is -2.03. The van der Waals surface area contributed by atoms with E-state index in [4.69, 9.17) is 28.3 Å². The summed E-state index contributed by atoms with van der Waals surface area (Å²) >= 11 is 11.6. The summed E-state index contributed by atoms with van der Waals surface area (Å²) in [5.74, 6) is -5.50. The third-order valence-corrected chi connectivity index (χ3v) is 3.84. The molecule has 0 saturated heterocycles. The molecule has 0 spiro atoms. The van der Waals surface area contributed by atoms with Crippen molar-refractivity contribution in [1.82, 2.24) is 0 Å². The van der Waals surface area contributed by atoms with Gasteiger partial charge in [-0.2, -0.15) is 0 Å². The Morgan fingerprint density at radius 2 is 1.89 bits per heavy atom. The van der Waals surface area contributed by atoms with E-state index in [1.807, 2.05) is 0 Å². The summed E-state index contributed by atoms with van der Waals surface area (Å²) in [6, 6.07) is 1.96. The molecule has 0 amide bonds. The molecular formula is C11H8Cl2F2O3. The molecule has 0 aromatic heterocycles. The van der Waals surface area contributed by atoms with Gasteiger partial charge in [-0.3, -0.25) is 4.79 Å². The lowest BCUT2D eigenvalue weighted by molar-refractivity contribution is -0.138. The Morgan fingerprint density at radius 1 is 1.39 bits per heavy atom. The van der Waals surface area contributed by atoms with Gasteiger partial charge in [-0.05, 0) is 17.7 Å². The predicted molar refractivity (Wildman–Crippen MR) is 61.2 cm³/mol. The van der Waals surface area contributed by atoms with Gasteiger partial charge in [0.2, 0.25) is 0 Å². The molecule has 98 valence electrons. The van der Waals surface area contributed by atoms with Crippen LogP contribution in [0.15, 0.2) is 12.1 Å². The molecule has 0 heterocycles. The molecule has 2 rings (SSSR count). The van der Waals surface area contributed by atoms with Crippen molar-refractivity contribution in [2.24, 2.45) is 5.92 Å². The Morgan fingerprint density at radius 3 is 2.22 bits per heavy atom. The van der Waals surface area contributed by atoms with Crippen LogP contribution in [0, 0.1) is 17.6 Å². The van der Waals surface area contributed by atoms with E-state index >= 15 is 0 Å². The number of hydrogen-bond donors (Lipinski definition) is 1. The minimum atomic E-state index is -1.54. The fourth-order valence-electron chi connectivity index (χ4n) is 2.00. The molecule has 1 aromatic carbocycles. The first kappa shape index (κ1) is 13.4. The zero-order valence-corrected chi connectivity index (χ0v) is 10.6. The van der Waals surface area contributed by atoms with Crippen molar-refractivity contribution in [2.45, 2.75) is 10.3 Å². The molecule has 1 aliphatic rings. The molecule has 1 aliphatic carbocycles. The van der Waals surface area contributed by atoms with Crippen molar-refractivity contribution in [2.75, 3.05) is 7.11 Å². The van der Waals surface area contributed by atoms with Gasteiger partial charge in [0.1, 0.15) is 4.33 Å². The number of ether oxygens (including phenoxy) is 1. The standard InChI is InChI=1S/C11H8Cl2F2O3/c1-18-9-5(14)2-4(3-6(9)15)7-8(10(16)17)11(7,12)13/h2-3,7-8H,1H3,(H,16,17). The highest BCUT2D eigenvalue weighted by atomic mass is 35.5. The number of halogens is 4. The summed E-state index contributed by atoms with van der Waals surface area (Å²) in [6.07, 6.45) is 0. The zero-order chi connectivity index (χ0) is 13.7. The number of hydrogen-bond acceptors (Lipinski definition) is 2. The molecule has 0 aliphatic heterocycles. The Balaban J connectivity index is 2.40. The van der Waals surface area contributed by atoms with Crippen LogP contribution in [0.5, 0.6) is 5.75 Å². The molecule has 2 atom stereocenters. The van der Waals surface area contributed by atoms with Gasteiger partial charge in [-0.1, -0.05) is 23.2 Å². The Labute approximate surface area is 111 Å². The summed E-state index contributed by atoms with van der Waals surface area (Å²) in [6.45, 7) is 0. The van der Waals surface area contributed by atoms with Gasteiger partial charge in [0, 0.05) is 5.92 Å². The van der Waals surface area contributed by atoms with Crippen molar-refractivity contribution in [1.29, 1.82) is 0 Å². The number of aliphatic carboxylic acids is 1. The van der Waals surface area contributed by atoms with Crippen LogP contribution in [0.4, 0.5) is 8.78 Å². The van der Waals surface area contributed by atoms with Crippen LogP contribution < -0.4 is 4.74 Å². The van der Waals surface area contributed by atoms with Crippen LogP contribution >= 0.6 is 23.2 Å². The average molecular weight is 297 g/mol. The van der Waals surface area contributed by atoms with E-state index in [1.165, 1.54) is 0 Å². The first-order chi connectivity index (χ1) is 8.30. The maximum Gasteiger partial charge on any atom is 0.310 e. The molecule has 18 heavy (non-hydrogen) atoms. The molecule has 1 N–H and O–H groups in total. The quantitative estimate of drug-likeness (QED) is 0.873. The van der Waals surface area contributed by atoms with Gasteiger partial charge in [0.15, 0.2) is 17.4 Å². The van der Waals surface area contributed by atoms with Gasteiger partial charge >= 0.3 is 5.97 Å². The molecular weight excluding hydrogens is 289 g/mol. The maximum atomic E-state index is 13.5. The minimum Gasteiger partial charge on any atom is -0.491 e. The predicted octanol–water partition coefficient (Wildman–Crippen LogP) is 2.95. The average Bonchev–Trinajstić information content (AvgIpc) is 2.81. The minimum absolute atomic E-state index is 0.100.